The second-order valence-corrected chi connectivity index (χ2v) is 10.9. The molecular weight excluding hydrogens is 526 g/mol. The fourth-order valence-corrected chi connectivity index (χ4v) is 6.44. The third-order valence-electron chi connectivity index (χ3n) is 8.45. The first-order valence-electron chi connectivity index (χ1n) is 14.5. The van der Waals surface area contributed by atoms with Crippen molar-refractivity contribution in [2.24, 2.45) is 0 Å². The third kappa shape index (κ3) is 3.75. The Morgan fingerprint density at radius 1 is 0.395 bits per heavy atom. The average Bonchev–Trinajstić information content (AvgIpc) is 3.63. The van der Waals surface area contributed by atoms with E-state index in [1.807, 2.05) is 12.1 Å². The summed E-state index contributed by atoms with van der Waals surface area (Å²) in [5.41, 5.74) is 9.05. The molecular formula is C40H25NO2. The molecule has 0 aliphatic heterocycles. The van der Waals surface area contributed by atoms with E-state index in [-0.39, 0.29) is 0 Å². The molecule has 0 aliphatic rings. The molecule has 0 spiro atoms. The molecule has 0 unspecified atom stereocenters. The number of hydrogen-bond donors (Lipinski definition) is 0. The van der Waals surface area contributed by atoms with E-state index in [1.165, 1.54) is 5.39 Å². The van der Waals surface area contributed by atoms with Crippen molar-refractivity contribution >= 4 is 71.7 Å². The summed E-state index contributed by atoms with van der Waals surface area (Å²) in [6, 6.07) is 53.1. The Balaban J connectivity index is 1.25. The normalized spacial score (nSPS) is 11.7. The first-order valence-corrected chi connectivity index (χ1v) is 14.5. The summed E-state index contributed by atoms with van der Waals surface area (Å²) >= 11 is 0. The molecule has 2 aromatic heterocycles. The van der Waals surface area contributed by atoms with E-state index in [1.54, 1.807) is 0 Å². The zero-order chi connectivity index (χ0) is 28.3. The Kier molecular flexibility index (Phi) is 5.20. The summed E-state index contributed by atoms with van der Waals surface area (Å²) in [5.74, 6) is 0. The third-order valence-corrected chi connectivity index (χ3v) is 8.45. The van der Waals surface area contributed by atoms with E-state index in [2.05, 4.69) is 144 Å². The molecule has 0 amide bonds. The van der Waals surface area contributed by atoms with Gasteiger partial charge in [0.2, 0.25) is 0 Å². The standard InChI is InChI=1S/C40H25NO2/c1-2-11-28(12-3-1)41(29-20-22-33-32-15-7-9-17-37(32)42-39(33)25-29)36-16-8-6-13-30(36)27-19-23-38-35(24-27)34-21-18-26-10-4-5-14-31(26)40(34)43-38/h1-25H. The predicted octanol–water partition coefficient (Wildman–Crippen LogP) is 11.8. The van der Waals surface area contributed by atoms with Gasteiger partial charge < -0.3 is 13.7 Å². The number of nitrogens with zero attached hydrogens (tertiary/aromatic N) is 1. The van der Waals surface area contributed by atoms with Crippen LogP contribution in [0.25, 0.3) is 65.8 Å². The van der Waals surface area contributed by atoms with Gasteiger partial charge in [-0.1, -0.05) is 91.0 Å². The molecule has 3 nitrogen and oxygen atoms in total. The minimum absolute atomic E-state index is 0.871. The van der Waals surface area contributed by atoms with Gasteiger partial charge in [0.1, 0.15) is 22.3 Å². The van der Waals surface area contributed by atoms with E-state index < -0.39 is 0 Å². The smallest absolute Gasteiger partial charge is 0.143 e. The summed E-state index contributed by atoms with van der Waals surface area (Å²) in [5, 5.41) is 6.80. The maximum absolute atomic E-state index is 6.42. The highest BCUT2D eigenvalue weighted by atomic mass is 16.3. The van der Waals surface area contributed by atoms with Crippen molar-refractivity contribution in [1.29, 1.82) is 0 Å². The van der Waals surface area contributed by atoms with Crippen LogP contribution in [0.2, 0.25) is 0 Å². The molecule has 0 fully saturated rings. The second-order valence-electron chi connectivity index (χ2n) is 10.9. The zero-order valence-electron chi connectivity index (χ0n) is 23.2. The largest absolute Gasteiger partial charge is 0.456 e. The number of fused-ring (bicyclic) bond motifs is 8. The molecule has 7 aromatic carbocycles. The average molecular weight is 552 g/mol. The molecule has 9 aromatic rings. The van der Waals surface area contributed by atoms with Gasteiger partial charge in [0.15, 0.2) is 0 Å². The Bertz CT molecular complexity index is 2470. The monoisotopic (exact) mass is 551 g/mol. The van der Waals surface area contributed by atoms with Crippen LogP contribution in [0, 0.1) is 0 Å². The maximum atomic E-state index is 6.42. The Hall–Kier alpha value is -5.80. The highest BCUT2D eigenvalue weighted by Gasteiger charge is 2.19. The lowest BCUT2D eigenvalue weighted by Gasteiger charge is -2.27. The van der Waals surface area contributed by atoms with Gasteiger partial charge in [-0.2, -0.15) is 0 Å². The highest BCUT2D eigenvalue weighted by molar-refractivity contribution is 6.15. The number of hydrogen-bond acceptors (Lipinski definition) is 3. The number of benzene rings is 7. The van der Waals surface area contributed by atoms with Crippen molar-refractivity contribution < 1.29 is 8.83 Å². The van der Waals surface area contributed by atoms with Gasteiger partial charge >= 0.3 is 0 Å². The molecule has 2 heterocycles. The van der Waals surface area contributed by atoms with Crippen LogP contribution in [0.3, 0.4) is 0 Å². The summed E-state index contributed by atoms with van der Waals surface area (Å²) in [6.45, 7) is 0. The summed E-state index contributed by atoms with van der Waals surface area (Å²) < 4.78 is 12.7. The van der Waals surface area contributed by atoms with Crippen LogP contribution in [-0.4, -0.2) is 0 Å². The molecule has 0 saturated carbocycles. The molecule has 9 rings (SSSR count). The van der Waals surface area contributed by atoms with Crippen LogP contribution < -0.4 is 4.90 Å². The van der Waals surface area contributed by atoms with Crippen LogP contribution in [0.4, 0.5) is 17.1 Å². The SMILES string of the molecule is c1ccc(N(c2ccc3c(c2)oc2ccccc23)c2ccccc2-c2ccc3oc4c5ccccc5ccc4c3c2)cc1. The molecule has 0 bridgehead atoms. The van der Waals surface area contributed by atoms with Crippen LogP contribution in [0.1, 0.15) is 0 Å². The number of anilines is 3. The van der Waals surface area contributed by atoms with Crippen molar-refractivity contribution in [2.45, 2.75) is 0 Å². The van der Waals surface area contributed by atoms with Crippen LogP contribution in [-0.2, 0) is 0 Å². The summed E-state index contributed by atoms with van der Waals surface area (Å²) in [7, 11) is 0. The van der Waals surface area contributed by atoms with E-state index in [9.17, 15) is 0 Å². The van der Waals surface area contributed by atoms with E-state index in [4.69, 9.17) is 8.83 Å². The van der Waals surface area contributed by atoms with E-state index in [0.29, 0.717) is 0 Å². The molecule has 0 atom stereocenters. The molecule has 0 N–H and O–H groups in total. The van der Waals surface area contributed by atoms with Gasteiger partial charge in [0.05, 0.1) is 5.69 Å². The predicted molar refractivity (Wildman–Crippen MR) is 179 cm³/mol. The minimum atomic E-state index is 0.871. The highest BCUT2D eigenvalue weighted by Crippen LogP contribution is 2.44. The van der Waals surface area contributed by atoms with Gasteiger partial charge in [0, 0.05) is 49.9 Å². The lowest BCUT2D eigenvalue weighted by molar-refractivity contribution is 0.669. The minimum Gasteiger partial charge on any atom is -0.456 e. The topological polar surface area (TPSA) is 29.5 Å². The van der Waals surface area contributed by atoms with Gasteiger partial charge in [-0.15, -0.1) is 0 Å². The van der Waals surface area contributed by atoms with Crippen molar-refractivity contribution in [3.05, 3.63) is 152 Å². The van der Waals surface area contributed by atoms with Crippen LogP contribution >= 0.6 is 0 Å². The van der Waals surface area contributed by atoms with Gasteiger partial charge in [-0.3, -0.25) is 0 Å². The lowest BCUT2D eigenvalue weighted by atomic mass is 9.99. The summed E-state index contributed by atoms with van der Waals surface area (Å²) in [6.07, 6.45) is 0. The molecule has 0 saturated heterocycles. The molecule has 43 heavy (non-hydrogen) atoms. The van der Waals surface area contributed by atoms with Gasteiger partial charge in [-0.25, -0.2) is 0 Å². The molecule has 3 heteroatoms. The summed E-state index contributed by atoms with van der Waals surface area (Å²) in [4.78, 5) is 2.31. The van der Waals surface area contributed by atoms with Crippen LogP contribution in [0.5, 0.6) is 0 Å². The fraction of sp³-hybridized carbons (Fsp3) is 0. The van der Waals surface area contributed by atoms with Crippen LogP contribution in [0.15, 0.2) is 160 Å². The van der Waals surface area contributed by atoms with E-state index in [0.717, 1.165) is 77.5 Å². The van der Waals surface area contributed by atoms with Crippen molar-refractivity contribution in [2.75, 3.05) is 4.90 Å². The van der Waals surface area contributed by atoms with Crippen molar-refractivity contribution in [1.82, 2.24) is 0 Å². The van der Waals surface area contributed by atoms with Gasteiger partial charge in [0.25, 0.3) is 0 Å². The first kappa shape index (κ1) is 23.9. The quantitative estimate of drug-likeness (QED) is 0.218. The number of rotatable bonds is 4. The number of furan rings is 2. The second kappa shape index (κ2) is 9.37. The fourth-order valence-electron chi connectivity index (χ4n) is 6.44. The van der Waals surface area contributed by atoms with E-state index >= 15 is 0 Å². The maximum Gasteiger partial charge on any atom is 0.143 e. The molecule has 0 radical (unpaired) electrons. The lowest BCUT2D eigenvalue weighted by Crippen LogP contribution is -2.11. The Labute approximate surface area is 247 Å². The molecule has 0 aliphatic carbocycles. The van der Waals surface area contributed by atoms with Crippen molar-refractivity contribution in [3.8, 4) is 11.1 Å². The Morgan fingerprint density at radius 3 is 2.05 bits per heavy atom. The number of para-hydroxylation sites is 3. The first-order chi connectivity index (χ1) is 21.3. The van der Waals surface area contributed by atoms with Crippen molar-refractivity contribution in [3.63, 3.8) is 0 Å². The van der Waals surface area contributed by atoms with Gasteiger partial charge in [-0.05, 0) is 65.5 Å². The Morgan fingerprint density at radius 2 is 1.12 bits per heavy atom. The zero-order valence-corrected chi connectivity index (χ0v) is 23.2. The molecule has 202 valence electrons.